The van der Waals surface area contributed by atoms with Gasteiger partial charge in [-0.05, 0) is 29.8 Å². The number of hydrogen-bond acceptors (Lipinski definition) is 3. The van der Waals surface area contributed by atoms with Crippen LogP contribution < -0.4 is 5.32 Å². The molecule has 1 heterocycles. The lowest BCUT2D eigenvalue weighted by atomic mass is 10.1. The fraction of sp³-hybridized carbons (Fsp3) is 0.143. The summed E-state index contributed by atoms with van der Waals surface area (Å²) >= 11 is 5.72. The normalized spacial score (nSPS) is 19.6. The molecule has 2 aromatic carbocycles. The Hall–Kier alpha value is -1.59. The van der Waals surface area contributed by atoms with Gasteiger partial charge in [0.05, 0.1) is 21.7 Å². The van der Waals surface area contributed by atoms with Gasteiger partial charge in [0, 0.05) is 5.69 Å². The molecule has 1 atom stereocenters. The molecule has 0 radical (unpaired) electrons. The lowest BCUT2D eigenvalue weighted by Gasteiger charge is -2.14. The van der Waals surface area contributed by atoms with Crippen LogP contribution in [0.3, 0.4) is 0 Å². The van der Waals surface area contributed by atoms with Crippen molar-refractivity contribution in [1.29, 1.82) is 0 Å². The third kappa shape index (κ3) is 2.27. The fourth-order valence-electron chi connectivity index (χ4n) is 2.36. The highest BCUT2D eigenvalue weighted by atomic mass is 35.5. The van der Waals surface area contributed by atoms with Gasteiger partial charge in [0.25, 0.3) is 0 Å². The molecule has 0 bridgehead atoms. The molecule has 2 aromatic rings. The lowest BCUT2D eigenvalue weighted by molar-refractivity contribution is 0.598. The van der Waals surface area contributed by atoms with Crippen molar-refractivity contribution in [2.24, 2.45) is 0 Å². The molecule has 1 unspecified atom stereocenters. The van der Waals surface area contributed by atoms with Crippen LogP contribution in [0.25, 0.3) is 0 Å². The first-order valence-electron chi connectivity index (χ1n) is 6.01. The average molecular weight is 312 g/mol. The SMILES string of the molecule is O=S1(=O)CC(Nc2ccc(F)c(Cl)c2)c2ccccc21. The highest BCUT2D eigenvalue weighted by Gasteiger charge is 2.34. The number of sulfone groups is 1. The number of hydrogen-bond donors (Lipinski definition) is 1. The molecule has 104 valence electrons. The van der Waals surface area contributed by atoms with E-state index in [1.165, 1.54) is 18.2 Å². The molecule has 0 saturated carbocycles. The van der Waals surface area contributed by atoms with Crippen LogP contribution in [0.5, 0.6) is 0 Å². The van der Waals surface area contributed by atoms with Crippen molar-refractivity contribution >= 4 is 27.1 Å². The van der Waals surface area contributed by atoms with Crippen LogP contribution >= 0.6 is 11.6 Å². The van der Waals surface area contributed by atoms with Crippen molar-refractivity contribution in [2.75, 3.05) is 11.1 Å². The molecular formula is C14H11ClFNO2S. The number of fused-ring (bicyclic) bond motifs is 1. The molecule has 0 fully saturated rings. The van der Waals surface area contributed by atoms with E-state index in [9.17, 15) is 12.8 Å². The van der Waals surface area contributed by atoms with Gasteiger partial charge in [-0.1, -0.05) is 29.8 Å². The summed E-state index contributed by atoms with van der Waals surface area (Å²) in [5, 5.41) is 3.09. The Labute approximate surface area is 121 Å². The first-order valence-corrected chi connectivity index (χ1v) is 8.04. The number of rotatable bonds is 2. The second-order valence-electron chi connectivity index (χ2n) is 4.65. The Kier molecular flexibility index (Phi) is 3.18. The quantitative estimate of drug-likeness (QED) is 0.924. The second-order valence-corrected chi connectivity index (χ2v) is 7.05. The maximum atomic E-state index is 13.1. The molecule has 20 heavy (non-hydrogen) atoms. The van der Waals surface area contributed by atoms with Gasteiger partial charge in [0.15, 0.2) is 9.84 Å². The van der Waals surface area contributed by atoms with Crippen molar-refractivity contribution in [3.05, 3.63) is 58.9 Å². The first kappa shape index (κ1) is 13.4. The van der Waals surface area contributed by atoms with Crippen LogP contribution in [-0.2, 0) is 9.84 Å². The number of halogens is 2. The largest absolute Gasteiger partial charge is 0.377 e. The topological polar surface area (TPSA) is 46.2 Å². The van der Waals surface area contributed by atoms with Crippen LogP contribution in [-0.4, -0.2) is 14.2 Å². The van der Waals surface area contributed by atoms with Crippen molar-refractivity contribution in [3.8, 4) is 0 Å². The van der Waals surface area contributed by atoms with Gasteiger partial charge in [0.2, 0.25) is 0 Å². The van der Waals surface area contributed by atoms with Crippen LogP contribution in [0, 0.1) is 5.82 Å². The molecule has 6 heteroatoms. The summed E-state index contributed by atoms with van der Waals surface area (Å²) < 4.78 is 37.2. The van der Waals surface area contributed by atoms with Gasteiger partial charge in [-0.2, -0.15) is 0 Å². The summed E-state index contributed by atoms with van der Waals surface area (Å²) in [5.41, 5.74) is 1.32. The Balaban J connectivity index is 1.95. The van der Waals surface area contributed by atoms with E-state index in [2.05, 4.69) is 5.32 Å². The van der Waals surface area contributed by atoms with Crippen LogP contribution in [0.4, 0.5) is 10.1 Å². The van der Waals surface area contributed by atoms with E-state index in [1.807, 2.05) is 0 Å². The molecule has 3 rings (SSSR count). The smallest absolute Gasteiger partial charge is 0.181 e. The van der Waals surface area contributed by atoms with Gasteiger partial charge in [-0.25, -0.2) is 12.8 Å². The molecule has 1 aliphatic heterocycles. The predicted molar refractivity (Wildman–Crippen MR) is 76.3 cm³/mol. The molecule has 1 N–H and O–H groups in total. The van der Waals surface area contributed by atoms with Crippen molar-refractivity contribution < 1.29 is 12.8 Å². The number of benzene rings is 2. The minimum Gasteiger partial charge on any atom is -0.377 e. The van der Waals surface area contributed by atoms with Crippen molar-refractivity contribution in [2.45, 2.75) is 10.9 Å². The van der Waals surface area contributed by atoms with E-state index in [1.54, 1.807) is 24.3 Å². The van der Waals surface area contributed by atoms with E-state index in [4.69, 9.17) is 11.6 Å². The molecule has 0 amide bonds. The summed E-state index contributed by atoms with van der Waals surface area (Å²) in [4.78, 5) is 0.353. The first-order chi connectivity index (χ1) is 9.47. The van der Waals surface area contributed by atoms with Crippen molar-refractivity contribution in [1.82, 2.24) is 0 Å². The zero-order valence-corrected chi connectivity index (χ0v) is 11.9. The van der Waals surface area contributed by atoms with E-state index in [-0.39, 0.29) is 16.8 Å². The van der Waals surface area contributed by atoms with Gasteiger partial charge in [0.1, 0.15) is 5.82 Å². The van der Waals surface area contributed by atoms with E-state index in [0.717, 1.165) is 5.56 Å². The summed E-state index contributed by atoms with van der Waals surface area (Å²) in [6.45, 7) is 0. The zero-order valence-electron chi connectivity index (χ0n) is 10.3. The van der Waals surface area contributed by atoms with Crippen LogP contribution in [0.1, 0.15) is 11.6 Å². The third-order valence-corrected chi connectivity index (χ3v) is 5.38. The summed E-state index contributed by atoms with van der Waals surface area (Å²) in [6.07, 6.45) is 0. The van der Waals surface area contributed by atoms with E-state index < -0.39 is 15.7 Å². The summed E-state index contributed by atoms with van der Waals surface area (Å²) in [7, 11) is -3.26. The molecule has 1 aliphatic rings. The Morgan fingerprint density at radius 2 is 1.95 bits per heavy atom. The summed E-state index contributed by atoms with van der Waals surface area (Å²) in [5.74, 6) is -0.516. The summed E-state index contributed by atoms with van der Waals surface area (Å²) in [6, 6.07) is 10.8. The minimum absolute atomic E-state index is 0.00383. The Morgan fingerprint density at radius 1 is 1.20 bits per heavy atom. The minimum atomic E-state index is -3.26. The molecule has 3 nitrogen and oxygen atoms in total. The number of anilines is 1. The highest BCUT2D eigenvalue weighted by Crippen LogP contribution is 2.35. The highest BCUT2D eigenvalue weighted by molar-refractivity contribution is 7.91. The monoisotopic (exact) mass is 311 g/mol. The van der Waals surface area contributed by atoms with E-state index >= 15 is 0 Å². The van der Waals surface area contributed by atoms with Gasteiger partial charge in [-0.3, -0.25) is 0 Å². The molecule has 0 aliphatic carbocycles. The predicted octanol–water partition coefficient (Wildman–Crippen LogP) is 3.42. The standard InChI is InChI=1S/C14H11ClFNO2S/c15-11-7-9(5-6-12(11)16)17-13-8-20(18,19)14-4-2-1-3-10(13)14/h1-7,13,17H,8H2. The molecule has 0 spiro atoms. The zero-order chi connectivity index (χ0) is 14.3. The average Bonchev–Trinajstić information content (AvgIpc) is 2.66. The van der Waals surface area contributed by atoms with Crippen LogP contribution in [0.15, 0.2) is 47.4 Å². The third-order valence-electron chi connectivity index (χ3n) is 3.28. The van der Waals surface area contributed by atoms with E-state index in [0.29, 0.717) is 10.6 Å². The van der Waals surface area contributed by atoms with Crippen LogP contribution in [0.2, 0.25) is 5.02 Å². The number of nitrogens with one attached hydrogen (secondary N) is 1. The lowest BCUT2D eigenvalue weighted by Crippen LogP contribution is -2.12. The fourth-order valence-corrected chi connectivity index (χ4v) is 4.27. The molecule has 0 saturated heterocycles. The van der Waals surface area contributed by atoms with Gasteiger partial charge < -0.3 is 5.32 Å². The maximum Gasteiger partial charge on any atom is 0.181 e. The second kappa shape index (κ2) is 4.75. The van der Waals surface area contributed by atoms with Gasteiger partial charge >= 0.3 is 0 Å². The van der Waals surface area contributed by atoms with Crippen molar-refractivity contribution in [3.63, 3.8) is 0 Å². The maximum absolute atomic E-state index is 13.1. The van der Waals surface area contributed by atoms with Gasteiger partial charge in [-0.15, -0.1) is 0 Å². The Bertz CT molecular complexity index is 776. The molecular weight excluding hydrogens is 301 g/mol. The molecule has 0 aromatic heterocycles. The Morgan fingerprint density at radius 3 is 2.70 bits per heavy atom.